The summed E-state index contributed by atoms with van der Waals surface area (Å²) < 4.78 is 5.40. The Morgan fingerprint density at radius 3 is 2.79 bits per heavy atom. The fraction of sp³-hybridized carbons (Fsp3) is 0.722. The van der Waals surface area contributed by atoms with Crippen molar-refractivity contribution in [3.63, 3.8) is 0 Å². The Kier molecular flexibility index (Phi) is 5.92. The molecule has 6 heteroatoms. The number of carbonyl (C=O) groups is 1. The second-order valence-corrected chi connectivity index (χ2v) is 8.05. The quantitative estimate of drug-likeness (QED) is 0.872. The van der Waals surface area contributed by atoms with E-state index in [1.807, 2.05) is 11.4 Å². The Bertz CT molecular complexity index is 554. The molecule has 1 saturated heterocycles. The number of carbonyl (C=O) groups excluding carboxylic acids is 1. The fourth-order valence-electron chi connectivity index (χ4n) is 3.65. The summed E-state index contributed by atoms with van der Waals surface area (Å²) in [5.41, 5.74) is 0.712. The molecule has 24 heavy (non-hydrogen) atoms. The Morgan fingerprint density at radius 2 is 2.12 bits per heavy atom. The molecule has 0 unspecified atom stereocenters. The van der Waals surface area contributed by atoms with Gasteiger partial charge in [-0.3, -0.25) is 9.69 Å². The summed E-state index contributed by atoms with van der Waals surface area (Å²) in [4.78, 5) is 16.1. The van der Waals surface area contributed by atoms with Crippen molar-refractivity contribution in [2.24, 2.45) is 0 Å². The molecule has 3 rings (SSSR count). The molecule has 5 nitrogen and oxygen atoms in total. The summed E-state index contributed by atoms with van der Waals surface area (Å²) in [5.74, 6) is 0.368. The standard InChI is InChI=1S/C18H28N2O3S/c1-12(2)16-10-13(11-24-16)18(22)19-14-4-3-5-15(17(14)21)20-6-8-23-9-7-20/h10-12,14-15,17,21H,3-9H2,1-2H3,(H,19,22)/t14-,15-,17-/m1/s1. The molecule has 1 aromatic rings. The zero-order valence-corrected chi connectivity index (χ0v) is 15.3. The van der Waals surface area contributed by atoms with E-state index in [2.05, 4.69) is 24.1 Å². The maximum Gasteiger partial charge on any atom is 0.252 e. The van der Waals surface area contributed by atoms with Crippen LogP contribution < -0.4 is 5.32 Å². The molecule has 1 amide bonds. The molecule has 2 heterocycles. The third-order valence-corrected chi connectivity index (χ3v) is 6.34. The topological polar surface area (TPSA) is 61.8 Å². The minimum absolute atomic E-state index is 0.0650. The van der Waals surface area contributed by atoms with Gasteiger partial charge in [-0.1, -0.05) is 13.8 Å². The highest BCUT2D eigenvalue weighted by molar-refractivity contribution is 7.10. The second-order valence-electron chi connectivity index (χ2n) is 7.11. The average Bonchev–Trinajstić information content (AvgIpc) is 3.08. The first kappa shape index (κ1) is 17.9. The highest BCUT2D eigenvalue weighted by Gasteiger charge is 2.36. The van der Waals surface area contributed by atoms with Crippen LogP contribution in [-0.2, 0) is 4.74 Å². The third-order valence-electron chi connectivity index (χ3n) is 5.10. The number of nitrogens with zero attached hydrogens (tertiary/aromatic N) is 1. The molecule has 0 aromatic carbocycles. The van der Waals surface area contributed by atoms with Crippen LogP contribution in [0.2, 0.25) is 0 Å². The van der Waals surface area contributed by atoms with Gasteiger partial charge >= 0.3 is 0 Å². The number of thiophene rings is 1. The lowest BCUT2D eigenvalue weighted by molar-refractivity contribution is -0.0459. The van der Waals surface area contributed by atoms with Crippen molar-refractivity contribution in [2.45, 2.75) is 57.2 Å². The molecule has 0 radical (unpaired) electrons. The van der Waals surface area contributed by atoms with Gasteiger partial charge in [-0.25, -0.2) is 0 Å². The number of morpholine rings is 1. The minimum Gasteiger partial charge on any atom is -0.389 e. The van der Waals surface area contributed by atoms with Gasteiger partial charge < -0.3 is 15.2 Å². The third kappa shape index (κ3) is 3.99. The zero-order chi connectivity index (χ0) is 17.1. The van der Waals surface area contributed by atoms with Gasteiger partial charge in [-0.05, 0) is 31.2 Å². The van der Waals surface area contributed by atoms with E-state index >= 15 is 0 Å². The smallest absolute Gasteiger partial charge is 0.252 e. The Balaban J connectivity index is 1.61. The van der Waals surface area contributed by atoms with Gasteiger partial charge in [0.25, 0.3) is 5.91 Å². The van der Waals surface area contributed by atoms with Crippen molar-refractivity contribution in [3.8, 4) is 0 Å². The van der Waals surface area contributed by atoms with Gasteiger partial charge in [0.1, 0.15) is 0 Å². The van der Waals surface area contributed by atoms with Gasteiger partial charge in [0.2, 0.25) is 0 Å². The molecule has 1 saturated carbocycles. The molecule has 0 spiro atoms. The normalized spacial score (nSPS) is 28.9. The van der Waals surface area contributed by atoms with Crippen molar-refractivity contribution >= 4 is 17.2 Å². The lowest BCUT2D eigenvalue weighted by Gasteiger charge is -2.42. The van der Waals surface area contributed by atoms with Gasteiger partial charge in [-0.2, -0.15) is 0 Å². The van der Waals surface area contributed by atoms with E-state index in [1.54, 1.807) is 11.3 Å². The van der Waals surface area contributed by atoms with Crippen LogP contribution in [0.3, 0.4) is 0 Å². The molecule has 1 aliphatic carbocycles. The molecule has 2 aliphatic rings. The number of ether oxygens (including phenoxy) is 1. The Labute approximate surface area is 148 Å². The van der Waals surface area contributed by atoms with E-state index in [1.165, 1.54) is 4.88 Å². The Hall–Kier alpha value is -0.950. The molecule has 0 bridgehead atoms. The number of hydrogen-bond acceptors (Lipinski definition) is 5. The first-order chi connectivity index (χ1) is 11.6. The summed E-state index contributed by atoms with van der Waals surface area (Å²) in [6.07, 6.45) is 2.35. The number of amides is 1. The maximum atomic E-state index is 12.5. The molecule has 2 fully saturated rings. The Morgan fingerprint density at radius 1 is 1.38 bits per heavy atom. The molecule has 3 atom stereocenters. The molecule has 1 aliphatic heterocycles. The monoisotopic (exact) mass is 352 g/mol. The lowest BCUT2D eigenvalue weighted by atomic mass is 9.86. The van der Waals surface area contributed by atoms with Gasteiger partial charge in [-0.15, -0.1) is 11.3 Å². The number of hydrogen-bond donors (Lipinski definition) is 2. The largest absolute Gasteiger partial charge is 0.389 e. The summed E-state index contributed by atoms with van der Waals surface area (Å²) in [7, 11) is 0. The van der Waals surface area contributed by atoms with E-state index in [-0.39, 0.29) is 18.0 Å². The van der Waals surface area contributed by atoms with Crippen molar-refractivity contribution in [2.75, 3.05) is 26.3 Å². The first-order valence-corrected chi connectivity index (χ1v) is 9.83. The fourth-order valence-corrected chi connectivity index (χ4v) is 4.55. The van der Waals surface area contributed by atoms with Gasteiger partial charge in [0, 0.05) is 29.4 Å². The summed E-state index contributed by atoms with van der Waals surface area (Å²) in [5, 5.41) is 15.8. The van der Waals surface area contributed by atoms with Gasteiger partial charge in [0.05, 0.1) is 30.9 Å². The molecule has 134 valence electrons. The number of rotatable bonds is 4. The van der Waals surface area contributed by atoms with E-state index in [0.717, 1.165) is 45.6 Å². The van der Waals surface area contributed by atoms with E-state index in [0.29, 0.717) is 11.5 Å². The van der Waals surface area contributed by atoms with Crippen LogP contribution in [0.15, 0.2) is 11.4 Å². The molecular formula is C18H28N2O3S. The SMILES string of the molecule is CC(C)c1cc(C(=O)N[C@@H]2CCC[C@@H](N3CCOCC3)[C@@H]2O)cs1. The minimum atomic E-state index is -0.510. The highest BCUT2D eigenvalue weighted by atomic mass is 32.1. The average molecular weight is 352 g/mol. The highest BCUT2D eigenvalue weighted by Crippen LogP contribution is 2.26. The van der Waals surface area contributed by atoms with Crippen LogP contribution in [0.25, 0.3) is 0 Å². The summed E-state index contributed by atoms with van der Waals surface area (Å²) >= 11 is 1.63. The van der Waals surface area contributed by atoms with Gasteiger partial charge in [0.15, 0.2) is 0 Å². The molecular weight excluding hydrogens is 324 g/mol. The van der Waals surface area contributed by atoms with Crippen LogP contribution in [0.1, 0.15) is 54.3 Å². The van der Waals surface area contributed by atoms with Crippen LogP contribution in [-0.4, -0.2) is 60.4 Å². The number of nitrogens with one attached hydrogen (secondary N) is 1. The molecule has 1 aromatic heterocycles. The van der Waals surface area contributed by atoms with Crippen molar-refractivity contribution < 1.29 is 14.6 Å². The van der Waals surface area contributed by atoms with Crippen molar-refractivity contribution in [1.82, 2.24) is 10.2 Å². The van der Waals surface area contributed by atoms with Crippen LogP contribution in [0.4, 0.5) is 0 Å². The number of aliphatic hydroxyl groups excluding tert-OH is 1. The van der Waals surface area contributed by atoms with Crippen molar-refractivity contribution in [3.05, 3.63) is 21.9 Å². The van der Waals surface area contributed by atoms with Crippen LogP contribution >= 0.6 is 11.3 Å². The van der Waals surface area contributed by atoms with Crippen LogP contribution in [0, 0.1) is 0 Å². The maximum absolute atomic E-state index is 12.5. The van der Waals surface area contributed by atoms with E-state index in [4.69, 9.17) is 4.74 Å². The lowest BCUT2D eigenvalue weighted by Crippen LogP contribution is -2.58. The predicted octanol–water partition coefficient (Wildman–Crippen LogP) is 2.22. The predicted molar refractivity (Wildman–Crippen MR) is 95.7 cm³/mol. The molecule has 2 N–H and O–H groups in total. The second kappa shape index (κ2) is 7.95. The number of aliphatic hydroxyl groups is 1. The summed E-state index contributed by atoms with van der Waals surface area (Å²) in [6.45, 7) is 7.45. The first-order valence-electron chi connectivity index (χ1n) is 8.95. The summed E-state index contributed by atoms with van der Waals surface area (Å²) in [6, 6.07) is 1.93. The van der Waals surface area contributed by atoms with Crippen LogP contribution in [0.5, 0.6) is 0 Å². The van der Waals surface area contributed by atoms with E-state index < -0.39 is 6.10 Å². The van der Waals surface area contributed by atoms with Crippen molar-refractivity contribution in [1.29, 1.82) is 0 Å². The van der Waals surface area contributed by atoms with E-state index in [9.17, 15) is 9.90 Å². The zero-order valence-electron chi connectivity index (χ0n) is 14.5.